The molecule has 2 amide bonds. The van der Waals surface area contributed by atoms with Gasteiger partial charge in [0, 0.05) is 19.3 Å². The molecule has 3 heterocycles. The number of alkyl halides is 3. The molecule has 1 aliphatic heterocycles. The molecule has 0 spiro atoms. The van der Waals surface area contributed by atoms with E-state index in [1.807, 2.05) is 13.8 Å². The van der Waals surface area contributed by atoms with Crippen LogP contribution in [0.5, 0.6) is 0 Å². The second-order valence-electron chi connectivity index (χ2n) is 7.76. The molecule has 0 saturated carbocycles. The van der Waals surface area contributed by atoms with Gasteiger partial charge in [-0.2, -0.15) is 13.2 Å². The summed E-state index contributed by atoms with van der Waals surface area (Å²) in [4.78, 5) is 34.3. The maximum atomic E-state index is 12.7. The molecule has 1 aliphatic rings. The third-order valence-electron chi connectivity index (χ3n) is 5.32. The van der Waals surface area contributed by atoms with Crippen LogP contribution in [0.4, 0.5) is 23.8 Å². The van der Waals surface area contributed by atoms with Crippen molar-refractivity contribution in [3.8, 4) is 0 Å². The van der Waals surface area contributed by atoms with Crippen LogP contribution in [-0.2, 0) is 17.7 Å². The molecule has 3 rings (SSSR count). The van der Waals surface area contributed by atoms with Gasteiger partial charge in [-0.05, 0) is 48.1 Å². The number of hydrogen-bond donors (Lipinski definition) is 2. The van der Waals surface area contributed by atoms with Crippen molar-refractivity contribution < 1.29 is 27.5 Å². The number of ether oxygens (including phenoxy) is 1. The number of halogens is 3. The number of rotatable bonds is 6. The van der Waals surface area contributed by atoms with Gasteiger partial charge in [-0.15, -0.1) is 0 Å². The molecule has 2 aromatic rings. The third kappa shape index (κ3) is 6.27. The van der Waals surface area contributed by atoms with Gasteiger partial charge >= 0.3 is 12.3 Å². The molecule has 0 radical (unpaired) electrons. The first-order valence-corrected chi connectivity index (χ1v) is 10.4. The smallest absolute Gasteiger partial charge is 0.422 e. The Bertz CT molecular complexity index is 1060. The van der Waals surface area contributed by atoms with Crippen LogP contribution in [0, 0.1) is 11.3 Å². The normalized spacial score (nSPS) is 14.3. The molecule has 2 aromatic heterocycles. The summed E-state index contributed by atoms with van der Waals surface area (Å²) >= 11 is 0. The maximum Gasteiger partial charge on any atom is 0.422 e. The van der Waals surface area contributed by atoms with Crippen molar-refractivity contribution in [1.82, 2.24) is 14.9 Å². The number of aromatic nitrogens is 2. The van der Waals surface area contributed by atoms with E-state index in [1.165, 1.54) is 12.3 Å². The van der Waals surface area contributed by atoms with E-state index in [9.17, 15) is 22.8 Å². The third-order valence-corrected chi connectivity index (χ3v) is 5.32. The summed E-state index contributed by atoms with van der Waals surface area (Å²) in [5, 5.41) is 10.9. The summed E-state index contributed by atoms with van der Waals surface area (Å²) in [6.07, 6.45) is -2.98. The molecule has 0 aliphatic carbocycles. The first-order valence-electron chi connectivity index (χ1n) is 10.4. The Hall–Kier alpha value is -3.50. The fraction of sp³-hybridized carbons (Fsp3) is 0.409. The maximum absolute atomic E-state index is 12.7. The number of carbonyl (C=O) groups excluding carboxylic acids is 2. The lowest BCUT2D eigenvalue weighted by Crippen LogP contribution is -2.38. The van der Waals surface area contributed by atoms with Gasteiger partial charge in [0.2, 0.25) is 0 Å². The number of pyridine rings is 2. The predicted molar refractivity (Wildman–Crippen MR) is 114 cm³/mol. The van der Waals surface area contributed by atoms with Crippen LogP contribution in [0.2, 0.25) is 0 Å². The number of nitrogens with zero attached hydrogens (tertiary/aromatic N) is 3. The summed E-state index contributed by atoms with van der Waals surface area (Å²) in [6, 6.07) is 6.49. The number of carbonyl (C=O) groups is 2. The lowest BCUT2D eigenvalue weighted by molar-refractivity contribution is -0.162. The van der Waals surface area contributed by atoms with Crippen LogP contribution in [0.25, 0.3) is 0 Å². The second kappa shape index (κ2) is 9.97. The average molecular weight is 463 g/mol. The van der Waals surface area contributed by atoms with Crippen molar-refractivity contribution in [2.45, 2.75) is 39.4 Å². The summed E-state index contributed by atoms with van der Waals surface area (Å²) in [5.74, 6) is -0.242. The van der Waals surface area contributed by atoms with E-state index >= 15 is 0 Å². The highest BCUT2D eigenvalue weighted by atomic mass is 19.4. The molecule has 1 atom stereocenters. The zero-order valence-corrected chi connectivity index (χ0v) is 18.2. The van der Waals surface area contributed by atoms with Gasteiger partial charge in [-0.1, -0.05) is 19.9 Å². The zero-order valence-electron chi connectivity index (χ0n) is 18.2. The van der Waals surface area contributed by atoms with Crippen LogP contribution in [-0.4, -0.2) is 51.9 Å². The van der Waals surface area contributed by atoms with Crippen LogP contribution in [0.3, 0.4) is 0 Å². The Morgan fingerprint density at radius 3 is 2.73 bits per heavy atom. The number of amides is 2. The first kappa shape index (κ1) is 24.1. The second-order valence-corrected chi connectivity index (χ2v) is 7.76. The lowest BCUT2D eigenvalue weighted by atomic mass is 10.00. The Labute approximate surface area is 188 Å². The Morgan fingerprint density at radius 1 is 1.27 bits per heavy atom. The number of anilines is 1. The van der Waals surface area contributed by atoms with Crippen molar-refractivity contribution in [2.75, 3.05) is 18.5 Å². The van der Waals surface area contributed by atoms with E-state index in [0.29, 0.717) is 23.4 Å². The van der Waals surface area contributed by atoms with E-state index in [0.717, 1.165) is 16.9 Å². The number of fused-ring (bicyclic) bond motifs is 1. The van der Waals surface area contributed by atoms with E-state index in [1.54, 1.807) is 18.2 Å². The van der Waals surface area contributed by atoms with E-state index in [2.05, 4.69) is 20.0 Å². The molecule has 0 fully saturated rings. The highest BCUT2D eigenvalue weighted by Crippen LogP contribution is 2.22. The Kier molecular flexibility index (Phi) is 7.29. The molecular weight excluding hydrogens is 439 g/mol. The molecule has 11 heteroatoms. The lowest BCUT2D eigenvalue weighted by Gasteiger charge is -2.28. The average Bonchev–Trinajstić information content (AvgIpc) is 2.80. The predicted octanol–water partition coefficient (Wildman–Crippen LogP) is 4.20. The fourth-order valence-corrected chi connectivity index (χ4v) is 3.24. The number of nitrogens with one attached hydrogen (secondary N) is 2. The first-order chi connectivity index (χ1) is 15.6. The van der Waals surface area contributed by atoms with E-state index < -0.39 is 24.8 Å². The Morgan fingerprint density at radius 2 is 2.03 bits per heavy atom. The van der Waals surface area contributed by atoms with Gasteiger partial charge in [0.05, 0.1) is 11.4 Å². The Balaban J connectivity index is 1.69. The van der Waals surface area contributed by atoms with Gasteiger partial charge in [0.1, 0.15) is 11.5 Å². The standard InChI is InChI=1S/C22H24F3N5O3/c1-3-13(2)19(26)16-5-4-6-18(28-16)29-20(31)17-9-15-11-30(8-7-14(15)10-27-17)21(32)33-12-22(23,24)25/h4-6,9-10,13,26H,3,7-8,11-12H2,1-2H3,(H,28,29,31). The molecule has 1 unspecified atom stereocenters. The molecule has 176 valence electrons. The van der Waals surface area contributed by atoms with Crippen LogP contribution in [0.15, 0.2) is 30.5 Å². The SMILES string of the molecule is CCC(C)C(=N)c1cccc(NC(=O)c2cc3c(cn2)CCN(C(=O)OCC(F)(F)F)C3)n1. The minimum absolute atomic E-state index is 0.00856. The van der Waals surface area contributed by atoms with E-state index in [-0.39, 0.29) is 30.5 Å². The molecule has 2 N–H and O–H groups in total. The van der Waals surface area contributed by atoms with Gasteiger partial charge in [0.25, 0.3) is 5.91 Å². The monoisotopic (exact) mass is 463 g/mol. The van der Waals surface area contributed by atoms with Crippen molar-refractivity contribution in [3.05, 3.63) is 53.0 Å². The summed E-state index contributed by atoms with van der Waals surface area (Å²) in [6.45, 7) is 2.45. The fourth-order valence-electron chi connectivity index (χ4n) is 3.24. The van der Waals surface area contributed by atoms with Gasteiger partial charge in [-0.25, -0.2) is 9.78 Å². The highest BCUT2D eigenvalue weighted by Gasteiger charge is 2.31. The zero-order chi connectivity index (χ0) is 24.2. The largest absolute Gasteiger partial charge is 0.440 e. The molecule has 0 bridgehead atoms. The number of hydrogen-bond acceptors (Lipinski definition) is 6. The molecule has 0 saturated heterocycles. The van der Waals surface area contributed by atoms with Crippen molar-refractivity contribution in [1.29, 1.82) is 5.41 Å². The van der Waals surface area contributed by atoms with Gasteiger partial charge in [-0.3, -0.25) is 9.78 Å². The van der Waals surface area contributed by atoms with Gasteiger partial charge in [0.15, 0.2) is 6.61 Å². The van der Waals surface area contributed by atoms with Crippen LogP contribution in [0.1, 0.15) is 47.6 Å². The quantitative estimate of drug-likeness (QED) is 0.625. The van der Waals surface area contributed by atoms with Crippen molar-refractivity contribution >= 4 is 23.5 Å². The van der Waals surface area contributed by atoms with Crippen LogP contribution >= 0.6 is 0 Å². The molecule has 0 aromatic carbocycles. The topological polar surface area (TPSA) is 108 Å². The highest BCUT2D eigenvalue weighted by molar-refractivity contribution is 6.03. The summed E-state index contributed by atoms with van der Waals surface area (Å²) in [5.41, 5.74) is 2.31. The summed E-state index contributed by atoms with van der Waals surface area (Å²) in [7, 11) is 0. The van der Waals surface area contributed by atoms with Gasteiger partial charge < -0.3 is 20.4 Å². The summed E-state index contributed by atoms with van der Waals surface area (Å²) < 4.78 is 41.2. The van der Waals surface area contributed by atoms with Crippen molar-refractivity contribution in [2.24, 2.45) is 5.92 Å². The van der Waals surface area contributed by atoms with E-state index in [4.69, 9.17) is 5.41 Å². The minimum atomic E-state index is -4.60. The van der Waals surface area contributed by atoms with Crippen molar-refractivity contribution in [3.63, 3.8) is 0 Å². The molecule has 8 nitrogen and oxygen atoms in total. The molecule has 33 heavy (non-hydrogen) atoms. The molecular formula is C22H24F3N5O3. The van der Waals surface area contributed by atoms with Crippen LogP contribution < -0.4 is 5.32 Å². The minimum Gasteiger partial charge on any atom is -0.440 e.